The summed E-state index contributed by atoms with van der Waals surface area (Å²) in [5.41, 5.74) is 0.637. The Labute approximate surface area is 185 Å². The van der Waals surface area contributed by atoms with E-state index in [1.165, 1.54) is 6.33 Å². The van der Waals surface area contributed by atoms with E-state index in [0.29, 0.717) is 12.1 Å². The lowest BCUT2D eigenvalue weighted by Gasteiger charge is -2.25. The van der Waals surface area contributed by atoms with Crippen LogP contribution in [0, 0.1) is 5.92 Å². The van der Waals surface area contributed by atoms with Crippen molar-refractivity contribution in [3.63, 3.8) is 0 Å². The van der Waals surface area contributed by atoms with Gasteiger partial charge in [0.1, 0.15) is 18.1 Å². The molecule has 6 N–H and O–H groups in total. The Morgan fingerprint density at radius 1 is 1.19 bits per heavy atom. The second-order valence-corrected chi connectivity index (χ2v) is 8.17. The fourth-order valence-electron chi connectivity index (χ4n) is 3.24. The van der Waals surface area contributed by atoms with Crippen molar-refractivity contribution >= 4 is 36.3 Å². The quantitative estimate of drug-likeness (QED) is 0.207. The van der Waals surface area contributed by atoms with Crippen molar-refractivity contribution in [3.8, 4) is 0 Å². The van der Waals surface area contributed by atoms with Gasteiger partial charge in [0.2, 0.25) is 17.7 Å². The van der Waals surface area contributed by atoms with E-state index in [4.69, 9.17) is 0 Å². The number of aromatic amines is 1. The summed E-state index contributed by atoms with van der Waals surface area (Å²) in [5.74, 6) is -3.09. The lowest BCUT2D eigenvalue weighted by Crippen LogP contribution is -2.58. The van der Waals surface area contributed by atoms with Crippen LogP contribution in [0.1, 0.15) is 32.4 Å². The Morgan fingerprint density at radius 2 is 1.90 bits per heavy atom. The normalized spacial score (nSPS) is 18.8. The lowest BCUT2D eigenvalue weighted by atomic mass is 10.0. The third-order valence-electron chi connectivity index (χ3n) is 5.03. The summed E-state index contributed by atoms with van der Waals surface area (Å²) in [6, 6.07) is -3.49. The maximum Gasteiger partial charge on any atom is 0.326 e. The summed E-state index contributed by atoms with van der Waals surface area (Å²) < 4.78 is 0. The molecule has 0 radical (unpaired) electrons. The highest BCUT2D eigenvalue weighted by atomic mass is 32.1. The fraction of sp³-hybridized carbons (Fsp3) is 0.632. The highest BCUT2D eigenvalue weighted by Crippen LogP contribution is 2.07. The molecule has 0 aromatic carbocycles. The molecule has 2 rings (SSSR count). The largest absolute Gasteiger partial charge is 0.480 e. The van der Waals surface area contributed by atoms with Gasteiger partial charge in [-0.25, -0.2) is 9.78 Å². The summed E-state index contributed by atoms with van der Waals surface area (Å²) in [7, 11) is 0. The summed E-state index contributed by atoms with van der Waals surface area (Å²) in [5, 5.41) is 20.1. The van der Waals surface area contributed by atoms with Gasteiger partial charge in [0, 0.05) is 24.1 Å². The molecule has 1 fully saturated rings. The van der Waals surface area contributed by atoms with Gasteiger partial charge in [-0.3, -0.25) is 14.4 Å². The Balaban J connectivity index is 2.07. The monoisotopic (exact) mass is 454 g/mol. The van der Waals surface area contributed by atoms with Crippen molar-refractivity contribution in [2.24, 2.45) is 5.92 Å². The van der Waals surface area contributed by atoms with Crippen LogP contribution in [0.15, 0.2) is 12.5 Å². The Hall–Kier alpha value is -2.60. The van der Waals surface area contributed by atoms with Crippen LogP contribution >= 0.6 is 12.6 Å². The van der Waals surface area contributed by atoms with E-state index in [9.17, 15) is 24.3 Å². The minimum absolute atomic E-state index is 0.0447. The number of nitrogens with one attached hydrogen (secondary N) is 5. The van der Waals surface area contributed by atoms with Crippen LogP contribution in [0.3, 0.4) is 0 Å². The first-order valence-electron chi connectivity index (χ1n) is 10.2. The Bertz CT molecular complexity index is 766. The zero-order valence-corrected chi connectivity index (χ0v) is 18.4. The van der Waals surface area contributed by atoms with Crippen molar-refractivity contribution in [2.45, 2.75) is 57.3 Å². The molecule has 0 aliphatic carbocycles. The maximum absolute atomic E-state index is 12.9. The fourth-order valence-corrected chi connectivity index (χ4v) is 3.50. The van der Waals surface area contributed by atoms with Crippen LogP contribution in [0.5, 0.6) is 0 Å². The van der Waals surface area contributed by atoms with E-state index >= 15 is 0 Å². The zero-order chi connectivity index (χ0) is 23.0. The predicted octanol–water partition coefficient (Wildman–Crippen LogP) is -1.17. The third kappa shape index (κ3) is 7.24. The Kier molecular flexibility index (Phi) is 9.31. The number of rotatable bonds is 11. The number of aliphatic carboxylic acids is 1. The molecule has 11 nitrogen and oxygen atoms in total. The minimum Gasteiger partial charge on any atom is -0.480 e. The molecular formula is C19H30N6O5S. The average Bonchev–Trinajstić information content (AvgIpc) is 3.42. The van der Waals surface area contributed by atoms with Crippen LogP contribution in [-0.2, 0) is 25.6 Å². The van der Waals surface area contributed by atoms with Gasteiger partial charge in [-0.1, -0.05) is 13.8 Å². The number of carbonyl (C=O) groups is 4. The topological polar surface area (TPSA) is 165 Å². The molecule has 0 spiro atoms. The van der Waals surface area contributed by atoms with E-state index in [1.54, 1.807) is 20.0 Å². The summed E-state index contributed by atoms with van der Waals surface area (Å²) in [4.78, 5) is 56.2. The maximum atomic E-state index is 12.9. The van der Waals surface area contributed by atoms with Gasteiger partial charge in [-0.2, -0.15) is 12.6 Å². The zero-order valence-electron chi connectivity index (χ0n) is 17.6. The number of carboxylic acids is 1. The molecular weight excluding hydrogens is 424 g/mol. The van der Waals surface area contributed by atoms with Crippen LogP contribution in [0.4, 0.5) is 0 Å². The SMILES string of the molecule is CC(C)C(NC(=O)C(CS)NC(=O)C(Cc1cnc[nH]1)NC(=O)C1CCCN1)C(=O)O. The average molecular weight is 455 g/mol. The van der Waals surface area contributed by atoms with E-state index in [1.807, 2.05) is 0 Å². The van der Waals surface area contributed by atoms with E-state index in [-0.39, 0.29) is 30.0 Å². The van der Waals surface area contributed by atoms with Crippen LogP contribution in [0.2, 0.25) is 0 Å². The Morgan fingerprint density at radius 3 is 2.42 bits per heavy atom. The molecule has 0 bridgehead atoms. The number of imidazole rings is 1. The van der Waals surface area contributed by atoms with Gasteiger partial charge in [0.25, 0.3) is 0 Å². The van der Waals surface area contributed by atoms with Gasteiger partial charge in [-0.05, 0) is 25.3 Å². The van der Waals surface area contributed by atoms with Gasteiger partial charge >= 0.3 is 5.97 Å². The third-order valence-corrected chi connectivity index (χ3v) is 5.40. The van der Waals surface area contributed by atoms with Gasteiger partial charge in [0.15, 0.2) is 0 Å². The number of carboxylic acid groups (broad SMARTS) is 1. The minimum atomic E-state index is -1.17. The summed E-state index contributed by atoms with van der Waals surface area (Å²) in [6.45, 7) is 4.07. The van der Waals surface area contributed by atoms with Gasteiger partial charge in [0.05, 0.1) is 12.4 Å². The van der Waals surface area contributed by atoms with E-state index < -0.39 is 35.9 Å². The van der Waals surface area contributed by atoms with Crippen LogP contribution in [-0.4, -0.2) is 75.2 Å². The lowest BCUT2D eigenvalue weighted by molar-refractivity contribution is -0.143. The first-order chi connectivity index (χ1) is 14.7. The molecule has 31 heavy (non-hydrogen) atoms. The second-order valence-electron chi connectivity index (χ2n) is 7.80. The van der Waals surface area contributed by atoms with Crippen molar-refractivity contribution in [3.05, 3.63) is 18.2 Å². The molecule has 12 heteroatoms. The predicted molar refractivity (Wildman–Crippen MR) is 115 cm³/mol. The van der Waals surface area contributed by atoms with Crippen molar-refractivity contribution < 1.29 is 24.3 Å². The van der Waals surface area contributed by atoms with E-state index in [0.717, 1.165) is 13.0 Å². The van der Waals surface area contributed by atoms with Crippen molar-refractivity contribution in [2.75, 3.05) is 12.3 Å². The molecule has 2 heterocycles. The first kappa shape index (κ1) is 24.7. The second kappa shape index (κ2) is 11.7. The molecule has 0 saturated carbocycles. The van der Waals surface area contributed by atoms with Gasteiger partial charge in [-0.15, -0.1) is 0 Å². The summed E-state index contributed by atoms with van der Waals surface area (Å²) in [6.07, 6.45) is 4.71. The molecule has 172 valence electrons. The van der Waals surface area contributed by atoms with Crippen LogP contribution in [0.25, 0.3) is 0 Å². The molecule has 4 atom stereocenters. The molecule has 1 aromatic heterocycles. The molecule has 3 amide bonds. The number of H-pyrrole nitrogens is 1. The van der Waals surface area contributed by atoms with Gasteiger partial charge < -0.3 is 31.4 Å². The molecule has 1 aliphatic heterocycles. The van der Waals surface area contributed by atoms with Crippen molar-refractivity contribution in [1.29, 1.82) is 0 Å². The first-order valence-corrected chi connectivity index (χ1v) is 10.8. The number of hydrogen-bond donors (Lipinski definition) is 7. The van der Waals surface area contributed by atoms with Crippen LogP contribution < -0.4 is 21.3 Å². The number of amides is 3. The molecule has 1 aliphatic rings. The summed E-state index contributed by atoms with van der Waals surface area (Å²) >= 11 is 4.12. The highest BCUT2D eigenvalue weighted by molar-refractivity contribution is 7.80. The molecule has 1 saturated heterocycles. The highest BCUT2D eigenvalue weighted by Gasteiger charge is 2.32. The molecule has 1 aromatic rings. The van der Waals surface area contributed by atoms with Crippen molar-refractivity contribution in [1.82, 2.24) is 31.2 Å². The number of nitrogens with zero attached hydrogens (tertiary/aromatic N) is 1. The molecule has 4 unspecified atom stereocenters. The number of aromatic nitrogens is 2. The smallest absolute Gasteiger partial charge is 0.326 e. The number of thiol groups is 1. The standard InChI is InChI=1S/C19H30N6O5S/c1-10(2)15(19(29)30)25-18(28)14(8-31)24-17(27)13(6-11-7-20-9-22-11)23-16(26)12-4-3-5-21-12/h7,9-10,12-15,21,31H,3-6,8H2,1-2H3,(H,20,22)(H,23,26)(H,24,27)(H,25,28)(H,29,30). The number of hydrogen-bond acceptors (Lipinski definition) is 7. The number of carbonyl (C=O) groups excluding carboxylic acids is 3. The van der Waals surface area contributed by atoms with E-state index in [2.05, 4.69) is 43.9 Å².